The number of hydrogen-bond acceptors (Lipinski definition) is 3. The van der Waals surface area contributed by atoms with Crippen molar-refractivity contribution < 1.29 is 8.42 Å². The van der Waals surface area contributed by atoms with E-state index >= 15 is 0 Å². The minimum Gasteiger partial charge on any atom is -0.385 e. The van der Waals surface area contributed by atoms with E-state index in [0.717, 1.165) is 36.2 Å². The fourth-order valence-electron chi connectivity index (χ4n) is 3.02. The van der Waals surface area contributed by atoms with Gasteiger partial charge < -0.3 is 5.32 Å². The molecule has 1 fully saturated rings. The monoisotopic (exact) mass is 310 g/mol. The molecule has 118 valence electrons. The van der Waals surface area contributed by atoms with Gasteiger partial charge in [-0.2, -0.15) is 4.31 Å². The standard InChI is InChI=1S/C16H26N2O2S/c1-5-17-15-10-13(3)16(14(4)11-15)21(19,20)18-8-6-12(2)7-9-18/h10-12,17H,5-9H2,1-4H3. The number of piperidine rings is 1. The van der Waals surface area contributed by atoms with Gasteiger partial charge in [0, 0.05) is 25.3 Å². The van der Waals surface area contributed by atoms with E-state index in [9.17, 15) is 8.42 Å². The van der Waals surface area contributed by atoms with E-state index in [0.29, 0.717) is 23.9 Å². The largest absolute Gasteiger partial charge is 0.385 e. The predicted molar refractivity (Wildman–Crippen MR) is 87.2 cm³/mol. The molecule has 0 aliphatic carbocycles. The van der Waals surface area contributed by atoms with Gasteiger partial charge in [0.1, 0.15) is 0 Å². The minimum atomic E-state index is -3.37. The van der Waals surface area contributed by atoms with Gasteiger partial charge in [-0.3, -0.25) is 0 Å². The fourth-order valence-corrected chi connectivity index (χ4v) is 4.90. The number of anilines is 1. The number of nitrogens with one attached hydrogen (secondary N) is 1. The fraction of sp³-hybridized carbons (Fsp3) is 0.625. The normalized spacial score (nSPS) is 17.9. The summed E-state index contributed by atoms with van der Waals surface area (Å²) in [5, 5.41) is 3.24. The molecule has 1 heterocycles. The Bertz CT molecular complexity index is 580. The molecule has 0 unspecified atom stereocenters. The van der Waals surface area contributed by atoms with E-state index in [1.807, 2.05) is 32.9 Å². The van der Waals surface area contributed by atoms with E-state index in [4.69, 9.17) is 0 Å². The van der Waals surface area contributed by atoms with Crippen LogP contribution in [0, 0.1) is 19.8 Å². The average Bonchev–Trinajstić information content (AvgIpc) is 2.38. The summed E-state index contributed by atoms with van der Waals surface area (Å²) in [4.78, 5) is 0.485. The van der Waals surface area contributed by atoms with Crippen LogP contribution >= 0.6 is 0 Å². The maximum atomic E-state index is 12.9. The molecule has 0 atom stereocenters. The van der Waals surface area contributed by atoms with E-state index in [1.54, 1.807) is 4.31 Å². The van der Waals surface area contributed by atoms with Crippen molar-refractivity contribution in [2.75, 3.05) is 25.0 Å². The molecule has 1 aromatic rings. The van der Waals surface area contributed by atoms with Crippen LogP contribution in [0.5, 0.6) is 0 Å². The molecule has 0 amide bonds. The zero-order chi connectivity index (χ0) is 15.6. The Morgan fingerprint density at radius 3 is 2.19 bits per heavy atom. The molecule has 0 bridgehead atoms. The number of sulfonamides is 1. The summed E-state index contributed by atoms with van der Waals surface area (Å²) in [6.07, 6.45) is 1.90. The van der Waals surface area contributed by atoms with E-state index < -0.39 is 10.0 Å². The van der Waals surface area contributed by atoms with Crippen LogP contribution in [-0.2, 0) is 10.0 Å². The lowest BCUT2D eigenvalue weighted by atomic mass is 10.0. The molecule has 1 N–H and O–H groups in total. The number of aryl methyl sites for hydroxylation is 2. The topological polar surface area (TPSA) is 49.4 Å². The van der Waals surface area contributed by atoms with Crippen molar-refractivity contribution in [2.24, 2.45) is 5.92 Å². The highest BCUT2D eigenvalue weighted by Gasteiger charge is 2.30. The van der Waals surface area contributed by atoms with Gasteiger partial charge in [-0.05, 0) is 62.8 Å². The van der Waals surface area contributed by atoms with Crippen LogP contribution in [0.1, 0.15) is 37.8 Å². The number of hydrogen-bond donors (Lipinski definition) is 1. The van der Waals surface area contributed by atoms with Crippen LogP contribution in [0.3, 0.4) is 0 Å². The van der Waals surface area contributed by atoms with Crippen molar-refractivity contribution >= 4 is 15.7 Å². The molecule has 1 saturated heterocycles. The highest BCUT2D eigenvalue weighted by atomic mass is 32.2. The third-order valence-electron chi connectivity index (χ3n) is 4.18. The third-order valence-corrected chi connectivity index (χ3v) is 6.39. The Morgan fingerprint density at radius 1 is 1.19 bits per heavy atom. The van der Waals surface area contributed by atoms with Crippen LogP contribution in [0.15, 0.2) is 17.0 Å². The second-order valence-electron chi connectivity index (χ2n) is 6.06. The quantitative estimate of drug-likeness (QED) is 0.929. The van der Waals surface area contributed by atoms with Gasteiger partial charge in [-0.25, -0.2) is 8.42 Å². The van der Waals surface area contributed by atoms with Crippen LogP contribution in [-0.4, -0.2) is 32.4 Å². The predicted octanol–water partition coefficient (Wildman–Crippen LogP) is 3.16. The summed E-state index contributed by atoms with van der Waals surface area (Å²) in [5.74, 6) is 0.620. The van der Waals surface area contributed by atoms with Gasteiger partial charge in [0.2, 0.25) is 10.0 Å². The molecule has 1 aromatic carbocycles. The zero-order valence-electron chi connectivity index (χ0n) is 13.4. The summed E-state index contributed by atoms with van der Waals surface area (Å²) >= 11 is 0. The second-order valence-corrected chi connectivity index (χ2v) is 7.93. The zero-order valence-corrected chi connectivity index (χ0v) is 14.3. The maximum absolute atomic E-state index is 12.9. The summed E-state index contributed by atoms with van der Waals surface area (Å²) in [6, 6.07) is 3.85. The lowest BCUT2D eigenvalue weighted by molar-refractivity contribution is 0.288. The molecule has 4 nitrogen and oxygen atoms in total. The van der Waals surface area contributed by atoms with E-state index in [2.05, 4.69) is 12.2 Å². The van der Waals surface area contributed by atoms with Crippen LogP contribution in [0.4, 0.5) is 5.69 Å². The van der Waals surface area contributed by atoms with Gasteiger partial charge in [0.15, 0.2) is 0 Å². The molecule has 0 radical (unpaired) electrons. The summed E-state index contributed by atoms with van der Waals surface area (Å²) < 4.78 is 27.5. The lowest BCUT2D eigenvalue weighted by Gasteiger charge is -2.30. The van der Waals surface area contributed by atoms with Gasteiger partial charge in [0.05, 0.1) is 4.90 Å². The SMILES string of the molecule is CCNc1cc(C)c(S(=O)(=O)N2CCC(C)CC2)c(C)c1. The summed E-state index contributed by atoms with van der Waals surface area (Å²) in [5.41, 5.74) is 2.63. The Balaban J connectivity index is 2.36. The number of nitrogens with zero attached hydrogens (tertiary/aromatic N) is 1. The average molecular weight is 310 g/mol. The van der Waals surface area contributed by atoms with Crippen molar-refractivity contribution in [1.82, 2.24) is 4.31 Å². The van der Waals surface area contributed by atoms with Gasteiger partial charge in [-0.1, -0.05) is 6.92 Å². The molecule has 5 heteroatoms. The third kappa shape index (κ3) is 3.40. The number of benzene rings is 1. The molecule has 0 spiro atoms. The summed E-state index contributed by atoms with van der Waals surface area (Å²) in [7, 11) is -3.37. The molecule has 1 aliphatic heterocycles. The molecule has 0 aromatic heterocycles. The Kier molecular flexibility index (Phi) is 4.94. The summed E-state index contributed by atoms with van der Waals surface area (Å²) in [6.45, 7) is 10.1. The second kappa shape index (κ2) is 6.36. The molecular formula is C16H26N2O2S. The van der Waals surface area contributed by atoms with Crippen LogP contribution in [0.25, 0.3) is 0 Å². The lowest BCUT2D eigenvalue weighted by Crippen LogP contribution is -2.38. The van der Waals surface area contributed by atoms with Crippen LogP contribution < -0.4 is 5.32 Å². The molecule has 2 rings (SSSR count). The highest BCUT2D eigenvalue weighted by molar-refractivity contribution is 7.89. The van der Waals surface area contributed by atoms with Gasteiger partial charge in [-0.15, -0.1) is 0 Å². The van der Waals surface area contributed by atoms with Crippen molar-refractivity contribution in [2.45, 2.75) is 45.4 Å². The minimum absolute atomic E-state index is 0.485. The van der Waals surface area contributed by atoms with E-state index in [-0.39, 0.29) is 0 Å². The first kappa shape index (κ1) is 16.3. The van der Waals surface area contributed by atoms with Crippen molar-refractivity contribution in [3.8, 4) is 0 Å². The first-order chi connectivity index (χ1) is 9.86. The Hall–Kier alpha value is -1.07. The maximum Gasteiger partial charge on any atom is 0.243 e. The molecular weight excluding hydrogens is 284 g/mol. The van der Waals surface area contributed by atoms with Crippen LogP contribution in [0.2, 0.25) is 0 Å². The van der Waals surface area contributed by atoms with Gasteiger partial charge in [0.25, 0.3) is 0 Å². The van der Waals surface area contributed by atoms with Gasteiger partial charge >= 0.3 is 0 Å². The smallest absolute Gasteiger partial charge is 0.243 e. The Morgan fingerprint density at radius 2 is 1.71 bits per heavy atom. The molecule has 1 aliphatic rings. The Labute approximate surface area is 128 Å². The number of rotatable bonds is 4. The first-order valence-corrected chi connectivity index (χ1v) is 9.15. The first-order valence-electron chi connectivity index (χ1n) is 7.71. The molecule has 21 heavy (non-hydrogen) atoms. The highest BCUT2D eigenvalue weighted by Crippen LogP contribution is 2.29. The van der Waals surface area contributed by atoms with Crippen molar-refractivity contribution in [3.63, 3.8) is 0 Å². The molecule has 0 saturated carbocycles. The van der Waals surface area contributed by atoms with E-state index in [1.165, 1.54) is 0 Å². The van der Waals surface area contributed by atoms with Crippen molar-refractivity contribution in [3.05, 3.63) is 23.3 Å². The van der Waals surface area contributed by atoms with Crippen molar-refractivity contribution in [1.29, 1.82) is 0 Å².